The lowest BCUT2D eigenvalue weighted by molar-refractivity contribution is -0.119. The zero-order chi connectivity index (χ0) is 14.8. The zero-order valence-electron chi connectivity index (χ0n) is 11.3. The van der Waals surface area contributed by atoms with E-state index < -0.39 is 11.9 Å². The van der Waals surface area contributed by atoms with E-state index in [2.05, 4.69) is 15.0 Å². The summed E-state index contributed by atoms with van der Waals surface area (Å²) < 4.78 is 0. The second-order valence-corrected chi connectivity index (χ2v) is 4.89. The molecule has 3 aromatic rings. The molecule has 0 aliphatic rings. The van der Waals surface area contributed by atoms with Crippen LogP contribution in [0.3, 0.4) is 0 Å². The second-order valence-electron chi connectivity index (χ2n) is 4.89. The quantitative estimate of drug-likeness (QED) is 0.662. The van der Waals surface area contributed by atoms with Crippen molar-refractivity contribution < 1.29 is 4.79 Å². The van der Waals surface area contributed by atoms with E-state index in [1.807, 2.05) is 36.5 Å². The highest BCUT2D eigenvalue weighted by atomic mass is 16.1. The standard InChI is InChI=1S/C15H15N5O/c16-12(13(17)21)7-9-1-3-10(4-2-9)14-19-8-11-5-6-18-15(11)20-14/h1-6,8,12H,7,16H2,(H2,17,21)(H,18,19,20)/t12-/m0/s1. The summed E-state index contributed by atoms with van der Waals surface area (Å²) in [6, 6.07) is 8.89. The first-order valence-electron chi connectivity index (χ1n) is 6.58. The van der Waals surface area contributed by atoms with Gasteiger partial charge in [-0.05, 0) is 18.1 Å². The molecule has 0 bridgehead atoms. The lowest BCUT2D eigenvalue weighted by Gasteiger charge is -2.08. The number of hydrogen-bond donors (Lipinski definition) is 3. The van der Waals surface area contributed by atoms with Crippen LogP contribution in [0, 0.1) is 0 Å². The van der Waals surface area contributed by atoms with Gasteiger partial charge in [0.2, 0.25) is 5.91 Å². The van der Waals surface area contributed by atoms with Crippen molar-refractivity contribution in [3.05, 3.63) is 48.3 Å². The van der Waals surface area contributed by atoms with Crippen molar-refractivity contribution in [1.29, 1.82) is 0 Å². The Morgan fingerprint density at radius 1 is 1.24 bits per heavy atom. The third-order valence-electron chi connectivity index (χ3n) is 3.33. The van der Waals surface area contributed by atoms with Crippen molar-refractivity contribution in [3.63, 3.8) is 0 Å². The summed E-state index contributed by atoms with van der Waals surface area (Å²) in [5, 5.41) is 0.975. The van der Waals surface area contributed by atoms with Crippen LogP contribution in [0.5, 0.6) is 0 Å². The van der Waals surface area contributed by atoms with E-state index in [-0.39, 0.29) is 0 Å². The van der Waals surface area contributed by atoms with Crippen LogP contribution in [0.2, 0.25) is 0 Å². The van der Waals surface area contributed by atoms with Crippen molar-refractivity contribution in [2.24, 2.45) is 11.5 Å². The summed E-state index contributed by atoms with van der Waals surface area (Å²) in [5.74, 6) is 0.148. The zero-order valence-corrected chi connectivity index (χ0v) is 11.3. The molecular weight excluding hydrogens is 266 g/mol. The number of aromatic amines is 1. The number of amides is 1. The fourth-order valence-corrected chi connectivity index (χ4v) is 2.12. The van der Waals surface area contributed by atoms with Crippen LogP contribution in [0.25, 0.3) is 22.4 Å². The highest BCUT2D eigenvalue weighted by Crippen LogP contribution is 2.18. The van der Waals surface area contributed by atoms with Gasteiger partial charge in [-0.3, -0.25) is 4.79 Å². The summed E-state index contributed by atoms with van der Waals surface area (Å²) >= 11 is 0. The summed E-state index contributed by atoms with van der Waals surface area (Å²) in [6.45, 7) is 0. The molecule has 0 aliphatic heterocycles. The van der Waals surface area contributed by atoms with Gasteiger partial charge in [-0.25, -0.2) is 9.97 Å². The van der Waals surface area contributed by atoms with E-state index >= 15 is 0 Å². The molecule has 0 spiro atoms. The SMILES string of the molecule is NC(=O)[C@@H](N)Cc1ccc(-c2ncc3cc[nH]c3n2)cc1. The summed E-state index contributed by atoms with van der Waals surface area (Å²) in [6.07, 6.45) is 4.04. The molecule has 2 aromatic heterocycles. The average Bonchev–Trinajstić information content (AvgIpc) is 2.95. The van der Waals surface area contributed by atoms with Gasteiger partial charge in [0.1, 0.15) is 5.65 Å². The van der Waals surface area contributed by atoms with E-state index in [4.69, 9.17) is 11.5 Å². The van der Waals surface area contributed by atoms with Crippen molar-refractivity contribution >= 4 is 16.9 Å². The fraction of sp³-hybridized carbons (Fsp3) is 0.133. The Balaban J connectivity index is 1.84. The first kappa shape index (κ1) is 13.3. The van der Waals surface area contributed by atoms with Gasteiger partial charge < -0.3 is 16.5 Å². The molecule has 6 nitrogen and oxygen atoms in total. The molecule has 0 radical (unpaired) electrons. The highest BCUT2D eigenvalue weighted by molar-refractivity contribution is 5.80. The van der Waals surface area contributed by atoms with E-state index in [0.717, 1.165) is 22.2 Å². The highest BCUT2D eigenvalue weighted by Gasteiger charge is 2.10. The van der Waals surface area contributed by atoms with E-state index in [0.29, 0.717) is 12.2 Å². The van der Waals surface area contributed by atoms with Crippen LogP contribution < -0.4 is 11.5 Å². The van der Waals surface area contributed by atoms with Crippen molar-refractivity contribution in [2.45, 2.75) is 12.5 Å². The number of benzene rings is 1. The molecule has 106 valence electrons. The minimum absolute atomic E-state index is 0.423. The van der Waals surface area contributed by atoms with Crippen molar-refractivity contribution in [3.8, 4) is 11.4 Å². The monoisotopic (exact) mass is 281 g/mol. The number of fused-ring (bicyclic) bond motifs is 1. The molecule has 0 fully saturated rings. The maximum atomic E-state index is 11.0. The topological polar surface area (TPSA) is 111 Å². The Kier molecular flexibility index (Phi) is 3.37. The summed E-state index contributed by atoms with van der Waals surface area (Å²) in [4.78, 5) is 22.8. The number of carbonyl (C=O) groups is 1. The largest absolute Gasteiger partial charge is 0.368 e. The second kappa shape index (κ2) is 5.34. The average molecular weight is 281 g/mol. The molecule has 5 N–H and O–H groups in total. The van der Waals surface area contributed by atoms with Crippen molar-refractivity contribution in [2.75, 3.05) is 0 Å². The number of nitrogens with zero attached hydrogens (tertiary/aromatic N) is 2. The maximum Gasteiger partial charge on any atom is 0.234 e. The molecular formula is C15H15N5O. The Hall–Kier alpha value is -2.73. The Bertz CT molecular complexity index is 778. The Labute approximate surface area is 121 Å². The number of nitrogens with one attached hydrogen (secondary N) is 1. The lowest BCUT2D eigenvalue weighted by Crippen LogP contribution is -2.38. The van der Waals surface area contributed by atoms with Crippen LogP contribution in [-0.4, -0.2) is 26.9 Å². The number of H-pyrrole nitrogens is 1. The van der Waals surface area contributed by atoms with E-state index in [1.54, 1.807) is 6.20 Å². The summed E-state index contributed by atoms with van der Waals surface area (Å²) in [7, 11) is 0. The van der Waals surface area contributed by atoms with Crippen LogP contribution in [0.15, 0.2) is 42.7 Å². The third kappa shape index (κ3) is 2.75. The van der Waals surface area contributed by atoms with E-state index in [1.165, 1.54) is 0 Å². The van der Waals surface area contributed by atoms with Gasteiger partial charge in [0, 0.05) is 23.3 Å². The third-order valence-corrected chi connectivity index (χ3v) is 3.33. The lowest BCUT2D eigenvalue weighted by atomic mass is 10.0. The van der Waals surface area contributed by atoms with Gasteiger partial charge in [0.25, 0.3) is 0 Å². The number of carbonyl (C=O) groups excluding carboxylic acids is 1. The first-order valence-corrected chi connectivity index (χ1v) is 6.58. The van der Waals surface area contributed by atoms with Crippen LogP contribution >= 0.6 is 0 Å². The van der Waals surface area contributed by atoms with Gasteiger partial charge in [-0.2, -0.15) is 0 Å². The van der Waals surface area contributed by atoms with E-state index in [9.17, 15) is 4.79 Å². The number of nitrogens with two attached hydrogens (primary N) is 2. The number of aromatic nitrogens is 3. The maximum absolute atomic E-state index is 11.0. The minimum Gasteiger partial charge on any atom is -0.368 e. The van der Waals surface area contributed by atoms with Gasteiger partial charge >= 0.3 is 0 Å². The molecule has 1 atom stereocenters. The smallest absolute Gasteiger partial charge is 0.234 e. The number of primary amides is 1. The normalized spacial score (nSPS) is 12.4. The number of rotatable bonds is 4. The molecule has 1 amide bonds. The van der Waals surface area contributed by atoms with Crippen LogP contribution in [-0.2, 0) is 11.2 Å². The predicted octanol–water partition coefficient (Wildman–Crippen LogP) is 0.980. The van der Waals surface area contributed by atoms with Crippen molar-refractivity contribution in [1.82, 2.24) is 15.0 Å². The number of hydrogen-bond acceptors (Lipinski definition) is 4. The molecule has 6 heteroatoms. The predicted molar refractivity (Wildman–Crippen MR) is 80.2 cm³/mol. The fourth-order valence-electron chi connectivity index (χ4n) is 2.12. The van der Waals surface area contributed by atoms with Gasteiger partial charge in [-0.15, -0.1) is 0 Å². The van der Waals surface area contributed by atoms with Gasteiger partial charge in [-0.1, -0.05) is 24.3 Å². The molecule has 2 heterocycles. The summed E-state index contributed by atoms with van der Waals surface area (Å²) in [5.41, 5.74) is 13.5. The first-order chi connectivity index (χ1) is 10.1. The van der Waals surface area contributed by atoms with Crippen LogP contribution in [0.4, 0.5) is 0 Å². The molecule has 21 heavy (non-hydrogen) atoms. The minimum atomic E-state index is -0.664. The molecule has 0 saturated heterocycles. The molecule has 0 aliphatic carbocycles. The molecule has 0 saturated carbocycles. The molecule has 3 rings (SSSR count). The molecule has 0 unspecified atom stereocenters. The van der Waals surface area contributed by atoms with Gasteiger partial charge in [0.05, 0.1) is 6.04 Å². The van der Waals surface area contributed by atoms with Gasteiger partial charge in [0.15, 0.2) is 5.82 Å². The Morgan fingerprint density at radius 2 is 2.00 bits per heavy atom. The van der Waals surface area contributed by atoms with Crippen LogP contribution in [0.1, 0.15) is 5.56 Å². The molecule has 1 aromatic carbocycles. The Morgan fingerprint density at radius 3 is 2.71 bits per heavy atom.